The summed E-state index contributed by atoms with van der Waals surface area (Å²) in [5, 5.41) is 2.33. The molecule has 0 fully saturated rings. The lowest BCUT2D eigenvalue weighted by Crippen LogP contribution is -2.24. The fourth-order valence-corrected chi connectivity index (χ4v) is 4.36. The summed E-state index contributed by atoms with van der Waals surface area (Å²) in [5.41, 5.74) is 5.41. The van der Waals surface area contributed by atoms with Crippen molar-refractivity contribution in [1.29, 1.82) is 0 Å². The van der Waals surface area contributed by atoms with Crippen molar-refractivity contribution in [2.24, 2.45) is 0 Å². The molecule has 3 aromatic rings. The van der Waals surface area contributed by atoms with E-state index < -0.39 is 0 Å². The highest BCUT2D eigenvalue weighted by molar-refractivity contribution is 7.14. The second-order valence-electron chi connectivity index (χ2n) is 7.51. The predicted octanol–water partition coefficient (Wildman–Crippen LogP) is 5.57. The van der Waals surface area contributed by atoms with E-state index in [1.54, 1.807) is 22.4 Å². The van der Waals surface area contributed by atoms with E-state index in [-0.39, 0.29) is 30.7 Å². The molecule has 0 bridgehead atoms. The third-order valence-corrected chi connectivity index (χ3v) is 5.69. The van der Waals surface area contributed by atoms with Crippen LogP contribution in [0, 0.1) is 26.6 Å². The first-order valence-electron chi connectivity index (χ1n) is 9.97. The summed E-state index contributed by atoms with van der Waals surface area (Å²) >= 11 is 1.33. The first-order chi connectivity index (χ1) is 14.7. The van der Waals surface area contributed by atoms with Crippen molar-refractivity contribution in [1.82, 2.24) is 4.98 Å². The standard InChI is InChI=1S/C24H25FN2O3S/c1-15-11-16(2)23(17(3)12-15)27(18(4)28)24-26-21(14-31-24)13-30-22(29)10-7-19-5-8-20(25)9-6-19/h5-6,8-9,11-12,14H,7,10,13H2,1-4H3. The van der Waals surface area contributed by atoms with Crippen LogP contribution in [0.15, 0.2) is 41.8 Å². The highest BCUT2D eigenvalue weighted by Crippen LogP contribution is 2.34. The molecule has 0 spiro atoms. The van der Waals surface area contributed by atoms with Crippen molar-refractivity contribution >= 4 is 34.0 Å². The number of nitrogens with zero attached hydrogens (tertiary/aromatic N) is 2. The average Bonchev–Trinajstić information content (AvgIpc) is 3.16. The number of ether oxygens (including phenoxy) is 1. The molecule has 0 saturated heterocycles. The van der Waals surface area contributed by atoms with Crippen molar-refractivity contribution < 1.29 is 18.7 Å². The number of carbonyl (C=O) groups excluding carboxylic acids is 2. The van der Waals surface area contributed by atoms with Gasteiger partial charge in [0.25, 0.3) is 0 Å². The number of aromatic nitrogens is 1. The Balaban J connectivity index is 1.65. The molecule has 0 atom stereocenters. The molecular weight excluding hydrogens is 415 g/mol. The zero-order chi connectivity index (χ0) is 22.5. The summed E-state index contributed by atoms with van der Waals surface area (Å²) in [6.45, 7) is 7.52. The van der Waals surface area contributed by atoms with E-state index in [1.807, 2.05) is 32.9 Å². The Bertz CT molecular complexity index is 1070. The van der Waals surface area contributed by atoms with Crippen LogP contribution in [0.25, 0.3) is 0 Å². The Morgan fingerprint density at radius 2 is 1.74 bits per heavy atom. The Morgan fingerprint density at radius 1 is 1.10 bits per heavy atom. The molecule has 0 aliphatic rings. The number of amides is 1. The minimum Gasteiger partial charge on any atom is -0.459 e. The van der Waals surface area contributed by atoms with Gasteiger partial charge in [-0.2, -0.15) is 0 Å². The first-order valence-corrected chi connectivity index (χ1v) is 10.9. The number of thiazole rings is 1. The molecule has 3 rings (SSSR count). The van der Waals surface area contributed by atoms with E-state index in [0.717, 1.165) is 27.9 Å². The number of esters is 1. The molecule has 0 aliphatic carbocycles. The van der Waals surface area contributed by atoms with Crippen LogP contribution >= 0.6 is 11.3 Å². The molecule has 0 saturated carbocycles. The molecule has 5 nitrogen and oxygen atoms in total. The van der Waals surface area contributed by atoms with Gasteiger partial charge < -0.3 is 4.74 Å². The number of halogens is 1. The molecule has 1 amide bonds. The fourth-order valence-electron chi connectivity index (χ4n) is 3.50. The zero-order valence-electron chi connectivity index (χ0n) is 18.1. The molecular formula is C24H25FN2O3S. The van der Waals surface area contributed by atoms with Gasteiger partial charge in [0, 0.05) is 18.7 Å². The van der Waals surface area contributed by atoms with Crippen molar-refractivity contribution in [3.63, 3.8) is 0 Å². The van der Waals surface area contributed by atoms with E-state index >= 15 is 0 Å². The molecule has 2 aromatic carbocycles. The van der Waals surface area contributed by atoms with Crippen molar-refractivity contribution in [3.05, 3.63) is 75.5 Å². The monoisotopic (exact) mass is 440 g/mol. The summed E-state index contributed by atoms with van der Waals surface area (Å²) in [4.78, 5) is 30.6. The van der Waals surface area contributed by atoms with Gasteiger partial charge in [-0.3, -0.25) is 14.5 Å². The summed E-state index contributed by atoms with van der Waals surface area (Å²) in [6, 6.07) is 10.1. The van der Waals surface area contributed by atoms with E-state index in [2.05, 4.69) is 4.98 Å². The number of carbonyl (C=O) groups is 2. The van der Waals surface area contributed by atoms with Crippen LogP contribution in [0.1, 0.15) is 41.3 Å². The number of anilines is 2. The van der Waals surface area contributed by atoms with E-state index in [1.165, 1.54) is 30.4 Å². The van der Waals surface area contributed by atoms with Gasteiger partial charge in [0.05, 0.1) is 11.4 Å². The maximum Gasteiger partial charge on any atom is 0.306 e. The van der Waals surface area contributed by atoms with Crippen molar-refractivity contribution in [2.75, 3.05) is 4.90 Å². The summed E-state index contributed by atoms with van der Waals surface area (Å²) in [6.07, 6.45) is 0.676. The quantitative estimate of drug-likeness (QED) is 0.451. The lowest BCUT2D eigenvalue weighted by Gasteiger charge is -2.23. The summed E-state index contributed by atoms with van der Waals surface area (Å²) in [7, 11) is 0. The van der Waals surface area contributed by atoms with Crippen LogP contribution in [-0.2, 0) is 27.4 Å². The van der Waals surface area contributed by atoms with Gasteiger partial charge in [-0.25, -0.2) is 9.37 Å². The summed E-state index contributed by atoms with van der Waals surface area (Å²) in [5.74, 6) is -0.791. The van der Waals surface area contributed by atoms with Gasteiger partial charge in [0.2, 0.25) is 5.91 Å². The van der Waals surface area contributed by atoms with E-state index in [0.29, 0.717) is 17.2 Å². The molecule has 162 valence electrons. The van der Waals surface area contributed by atoms with Gasteiger partial charge in [0.1, 0.15) is 12.4 Å². The molecule has 7 heteroatoms. The Kier molecular flexibility index (Phi) is 7.17. The molecule has 0 unspecified atom stereocenters. The largest absolute Gasteiger partial charge is 0.459 e. The fraction of sp³-hybridized carbons (Fsp3) is 0.292. The number of hydrogen-bond acceptors (Lipinski definition) is 5. The molecule has 1 heterocycles. The molecule has 1 aromatic heterocycles. The SMILES string of the molecule is CC(=O)N(c1nc(COC(=O)CCc2ccc(F)cc2)cs1)c1c(C)cc(C)cc1C. The van der Waals surface area contributed by atoms with Crippen LogP contribution in [0.4, 0.5) is 15.2 Å². The lowest BCUT2D eigenvalue weighted by molar-refractivity contribution is -0.145. The molecule has 0 radical (unpaired) electrons. The topological polar surface area (TPSA) is 59.5 Å². The maximum absolute atomic E-state index is 13.0. The highest BCUT2D eigenvalue weighted by atomic mass is 32.1. The second-order valence-corrected chi connectivity index (χ2v) is 8.35. The van der Waals surface area contributed by atoms with Gasteiger partial charge >= 0.3 is 5.97 Å². The Morgan fingerprint density at radius 3 is 2.35 bits per heavy atom. The predicted molar refractivity (Wildman–Crippen MR) is 120 cm³/mol. The molecule has 31 heavy (non-hydrogen) atoms. The third-order valence-electron chi connectivity index (χ3n) is 4.82. The third kappa shape index (κ3) is 5.76. The Labute approximate surface area is 185 Å². The van der Waals surface area contributed by atoms with Crippen LogP contribution in [-0.4, -0.2) is 16.9 Å². The van der Waals surface area contributed by atoms with Crippen molar-refractivity contribution in [3.8, 4) is 0 Å². The van der Waals surface area contributed by atoms with Crippen LogP contribution < -0.4 is 4.90 Å². The maximum atomic E-state index is 13.0. The lowest BCUT2D eigenvalue weighted by atomic mass is 10.0. The van der Waals surface area contributed by atoms with Gasteiger partial charge in [-0.1, -0.05) is 29.8 Å². The molecule has 0 aliphatic heterocycles. The van der Waals surface area contributed by atoms with Crippen molar-refractivity contribution in [2.45, 2.75) is 47.1 Å². The minimum atomic E-state index is -0.354. The smallest absolute Gasteiger partial charge is 0.306 e. The second kappa shape index (κ2) is 9.83. The number of rotatable bonds is 7. The van der Waals surface area contributed by atoms with Gasteiger partial charge in [-0.15, -0.1) is 11.3 Å². The van der Waals surface area contributed by atoms with Crippen LogP contribution in [0.3, 0.4) is 0 Å². The number of aryl methyl sites for hydroxylation is 4. The van der Waals surface area contributed by atoms with E-state index in [4.69, 9.17) is 4.74 Å². The average molecular weight is 441 g/mol. The highest BCUT2D eigenvalue weighted by Gasteiger charge is 2.22. The number of benzene rings is 2. The Hall–Kier alpha value is -3.06. The zero-order valence-corrected chi connectivity index (χ0v) is 18.9. The van der Waals surface area contributed by atoms with Crippen LogP contribution in [0.2, 0.25) is 0 Å². The number of hydrogen-bond donors (Lipinski definition) is 0. The van der Waals surface area contributed by atoms with Crippen LogP contribution in [0.5, 0.6) is 0 Å². The normalized spacial score (nSPS) is 10.7. The van der Waals surface area contributed by atoms with E-state index in [9.17, 15) is 14.0 Å². The summed E-state index contributed by atoms with van der Waals surface area (Å²) < 4.78 is 18.3. The van der Waals surface area contributed by atoms with Gasteiger partial charge in [0.15, 0.2) is 5.13 Å². The minimum absolute atomic E-state index is 0.0381. The first kappa shape index (κ1) is 22.6. The molecule has 0 N–H and O–H groups in total. The van der Waals surface area contributed by atoms with Gasteiger partial charge in [-0.05, 0) is 56.0 Å².